The Morgan fingerprint density at radius 2 is 1.77 bits per heavy atom. The van der Waals surface area contributed by atoms with Crippen molar-refractivity contribution >= 4 is 40.4 Å². The molecule has 0 aliphatic carbocycles. The molecule has 4 heterocycles. The lowest BCUT2D eigenvalue weighted by atomic mass is 10.1. The van der Waals surface area contributed by atoms with E-state index in [1.165, 1.54) is 4.57 Å². The Bertz CT molecular complexity index is 1370. The number of nitrogen functional groups attached to an aromatic ring is 1. The third kappa shape index (κ3) is 6.92. The molecule has 9 atom stereocenters. The minimum absolute atomic E-state index is 0.00141. The number of anilines is 1. The molecule has 40 heavy (non-hydrogen) atoms. The molecular formula is C15H24N5O17P3. The Labute approximate surface area is 222 Å². The van der Waals surface area contributed by atoms with E-state index in [2.05, 4.69) is 23.6 Å². The number of ether oxygens (including phenoxy) is 2. The van der Waals surface area contributed by atoms with Crippen LogP contribution in [0.15, 0.2) is 12.7 Å². The number of rotatable bonds is 11. The highest BCUT2D eigenvalue weighted by molar-refractivity contribution is 7.66. The molecule has 22 nitrogen and oxygen atoms in total. The van der Waals surface area contributed by atoms with Gasteiger partial charge in [0.2, 0.25) is 0 Å². The number of aliphatic hydroxyl groups excluding tert-OH is 4. The molecule has 2 aromatic heterocycles. The highest BCUT2D eigenvalue weighted by Gasteiger charge is 2.55. The summed E-state index contributed by atoms with van der Waals surface area (Å²) >= 11 is 0. The first kappa shape index (κ1) is 31.4. The highest BCUT2D eigenvalue weighted by Crippen LogP contribution is 2.69. The zero-order chi connectivity index (χ0) is 29.7. The Morgan fingerprint density at radius 3 is 2.40 bits per heavy atom. The van der Waals surface area contributed by atoms with Crippen LogP contribution >= 0.6 is 23.5 Å². The summed E-state index contributed by atoms with van der Waals surface area (Å²) < 4.78 is 65.3. The Hall–Kier alpha value is -1.52. The predicted molar refractivity (Wildman–Crippen MR) is 122 cm³/mol. The van der Waals surface area contributed by atoms with Crippen LogP contribution < -0.4 is 5.73 Å². The van der Waals surface area contributed by atoms with Crippen molar-refractivity contribution in [2.24, 2.45) is 0 Å². The quantitative estimate of drug-likeness (QED) is 0.0884. The summed E-state index contributed by atoms with van der Waals surface area (Å²) in [4.78, 5) is 39.1. The van der Waals surface area contributed by atoms with E-state index in [1.54, 1.807) is 0 Å². The number of fused-ring (bicyclic) bond motifs is 1. The largest absolute Gasteiger partial charge is 0.490 e. The van der Waals surface area contributed by atoms with Crippen LogP contribution in [0.25, 0.3) is 11.2 Å². The first-order valence-corrected chi connectivity index (χ1v) is 15.3. The summed E-state index contributed by atoms with van der Waals surface area (Å²) in [6, 6.07) is 0. The third-order valence-corrected chi connectivity index (χ3v) is 9.75. The summed E-state index contributed by atoms with van der Waals surface area (Å²) in [6.45, 7) is -1.95. The SMILES string of the molecule is Nc1ncnc2c1ncn2[C@@H]1O[C@H](COP(=O)(O[C@]2(O)C[C@H](O)[C@@H](CO)O2)OP(=O)(O)OP(=O)(O)O)[C@@H](O)[C@H]1O. The lowest BCUT2D eigenvalue weighted by molar-refractivity contribution is -0.316. The van der Waals surface area contributed by atoms with Crippen molar-refractivity contribution in [3.63, 3.8) is 0 Å². The fourth-order valence-corrected chi connectivity index (χ4v) is 7.46. The zero-order valence-corrected chi connectivity index (χ0v) is 22.4. The maximum absolute atomic E-state index is 13.3. The standard InChI is InChI=1S/C15H24N5O17P3/c16-12-9-13(18-4-17-12)20(5-19-9)14-11(24)10(23)8(33-14)3-32-40(31,37-39(29,30)36-38(26,27)28)35-15(25)1-6(22)7(2-21)34-15/h4-8,10-11,14,21-25H,1-3H2,(H,29,30)(H2,16,17,18)(H2,26,27,28)/t6-,7+,8+,10+,11+,14+,15-,40?/m0/s1. The number of aliphatic hydroxyl groups is 5. The van der Waals surface area contributed by atoms with E-state index in [0.717, 1.165) is 12.7 Å². The molecule has 25 heteroatoms. The molecule has 2 unspecified atom stereocenters. The smallest absolute Gasteiger partial charge is 0.394 e. The molecule has 0 aromatic carbocycles. The van der Waals surface area contributed by atoms with Crippen LogP contribution in [0.5, 0.6) is 0 Å². The van der Waals surface area contributed by atoms with Crippen LogP contribution in [-0.4, -0.2) is 109 Å². The number of imidazole rings is 1. The maximum atomic E-state index is 13.3. The molecule has 226 valence electrons. The first-order chi connectivity index (χ1) is 18.4. The van der Waals surface area contributed by atoms with Crippen molar-refractivity contribution in [1.29, 1.82) is 0 Å². The molecule has 0 saturated carbocycles. The fourth-order valence-electron chi connectivity index (χ4n) is 3.81. The van der Waals surface area contributed by atoms with Crippen LogP contribution in [0.4, 0.5) is 5.82 Å². The van der Waals surface area contributed by atoms with Gasteiger partial charge in [-0.05, 0) is 0 Å². The lowest BCUT2D eigenvalue weighted by Crippen LogP contribution is -2.35. The first-order valence-electron chi connectivity index (χ1n) is 10.8. The molecule has 2 aliphatic rings. The van der Waals surface area contributed by atoms with Gasteiger partial charge >= 0.3 is 23.5 Å². The number of nitrogens with two attached hydrogens (primary N) is 1. The number of hydrogen-bond acceptors (Lipinski definition) is 18. The summed E-state index contributed by atoms with van der Waals surface area (Å²) in [5.41, 5.74) is 5.95. The monoisotopic (exact) mass is 639 g/mol. The van der Waals surface area contributed by atoms with Gasteiger partial charge in [0.15, 0.2) is 17.7 Å². The Balaban J connectivity index is 1.55. The zero-order valence-electron chi connectivity index (χ0n) is 19.7. The molecule has 2 aromatic rings. The average Bonchev–Trinajstić information content (AvgIpc) is 3.44. The minimum Gasteiger partial charge on any atom is -0.394 e. The fraction of sp³-hybridized carbons (Fsp3) is 0.667. The number of nitrogens with zero attached hydrogens (tertiary/aromatic N) is 4. The molecule has 0 amide bonds. The van der Waals surface area contributed by atoms with Crippen molar-refractivity contribution in [2.75, 3.05) is 18.9 Å². The molecule has 0 radical (unpaired) electrons. The van der Waals surface area contributed by atoms with Gasteiger partial charge in [0.05, 0.1) is 32.1 Å². The van der Waals surface area contributed by atoms with Crippen molar-refractivity contribution in [3.8, 4) is 0 Å². The van der Waals surface area contributed by atoms with Crippen molar-refractivity contribution in [3.05, 3.63) is 12.7 Å². The molecule has 2 saturated heterocycles. The molecular weight excluding hydrogens is 615 g/mol. The second-order valence-electron chi connectivity index (χ2n) is 8.41. The molecule has 4 rings (SSSR count). The van der Waals surface area contributed by atoms with Crippen LogP contribution in [0.2, 0.25) is 0 Å². The molecule has 10 N–H and O–H groups in total. The van der Waals surface area contributed by atoms with E-state index in [4.69, 9.17) is 34.0 Å². The van der Waals surface area contributed by atoms with Crippen molar-refractivity contribution < 1.29 is 81.1 Å². The van der Waals surface area contributed by atoms with E-state index < -0.39 is 85.8 Å². The van der Waals surface area contributed by atoms with Crippen LogP contribution in [0, 0.1) is 0 Å². The third-order valence-electron chi connectivity index (χ3n) is 5.47. The van der Waals surface area contributed by atoms with Gasteiger partial charge in [0.25, 0.3) is 5.97 Å². The van der Waals surface area contributed by atoms with Crippen LogP contribution in [-0.2, 0) is 40.8 Å². The van der Waals surface area contributed by atoms with Gasteiger partial charge in [-0.25, -0.2) is 33.2 Å². The van der Waals surface area contributed by atoms with E-state index in [-0.39, 0.29) is 17.0 Å². The number of aromatic nitrogens is 4. The summed E-state index contributed by atoms with van der Waals surface area (Å²) in [5, 5.41) is 50.5. The van der Waals surface area contributed by atoms with Gasteiger partial charge < -0.3 is 55.4 Å². The van der Waals surface area contributed by atoms with Gasteiger partial charge in [-0.3, -0.25) is 9.09 Å². The van der Waals surface area contributed by atoms with Crippen molar-refractivity contribution in [1.82, 2.24) is 19.5 Å². The molecule has 2 aliphatic heterocycles. The summed E-state index contributed by atoms with van der Waals surface area (Å²) in [6.07, 6.45) is -8.23. The number of phosphoric acid groups is 3. The van der Waals surface area contributed by atoms with Gasteiger partial charge in [-0.1, -0.05) is 0 Å². The van der Waals surface area contributed by atoms with E-state index in [0.29, 0.717) is 0 Å². The maximum Gasteiger partial charge on any atom is 0.490 e. The van der Waals surface area contributed by atoms with Crippen LogP contribution in [0.3, 0.4) is 0 Å². The average molecular weight is 639 g/mol. The van der Waals surface area contributed by atoms with Gasteiger partial charge in [-0.15, -0.1) is 0 Å². The van der Waals surface area contributed by atoms with Gasteiger partial charge in [-0.2, -0.15) is 8.62 Å². The lowest BCUT2D eigenvalue weighted by Gasteiger charge is -2.28. The van der Waals surface area contributed by atoms with E-state index in [1.807, 2.05) is 0 Å². The Kier molecular flexibility index (Phi) is 8.86. The second-order valence-corrected chi connectivity index (χ2v) is 13.0. The normalized spacial score (nSPS) is 34.2. The van der Waals surface area contributed by atoms with E-state index >= 15 is 0 Å². The van der Waals surface area contributed by atoms with Crippen LogP contribution in [0.1, 0.15) is 12.6 Å². The highest BCUT2D eigenvalue weighted by atomic mass is 31.3. The van der Waals surface area contributed by atoms with Gasteiger partial charge in [0.1, 0.15) is 36.3 Å². The summed E-state index contributed by atoms with van der Waals surface area (Å²) in [5.74, 6) is -3.09. The predicted octanol–water partition coefficient (Wildman–Crippen LogP) is -2.82. The minimum atomic E-state index is -5.98. The topological polar surface area (TPSA) is 338 Å². The van der Waals surface area contributed by atoms with Crippen molar-refractivity contribution in [2.45, 2.75) is 49.1 Å². The van der Waals surface area contributed by atoms with Gasteiger partial charge in [0, 0.05) is 0 Å². The molecule has 2 fully saturated rings. The summed E-state index contributed by atoms with van der Waals surface area (Å²) in [7, 11) is -17.4. The number of phosphoric ester groups is 1. The number of hydrogen-bond donors (Lipinski definition) is 9. The molecule has 0 spiro atoms. The second kappa shape index (κ2) is 11.3. The Morgan fingerprint density at radius 1 is 1.07 bits per heavy atom. The van der Waals surface area contributed by atoms with E-state index in [9.17, 15) is 44.1 Å². The molecule has 0 bridgehead atoms.